The van der Waals surface area contributed by atoms with Crippen LogP contribution in [0.1, 0.15) is 164 Å². The number of imidazole rings is 4. The minimum Gasteiger partial charge on any atom is -0.390 e. The molecule has 84 heavy (non-hydrogen) atoms. The number of amides is 2. The molecule has 4 aliphatic carbocycles. The predicted molar refractivity (Wildman–Crippen MR) is 310 cm³/mol. The quantitative estimate of drug-likeness (QED) is 0.0452. The molecule has 4 aliphatic rings. The maximum Gasteiger partial charge on any atom is 0.315 e. The Balaban J connectivity index is 0.658. The van der Waals surface area contributed by atoms with Crippen LogP contribution in [0.15, 0.2) is 50.1 Å². The van der Waals surface area contributed by atoms with E-state index in [2.05, 4.69) is 110 Å². The Morgan fingerprint density at radius 1 is 0.548 bits per heavy atom. The Bertz CT molecular complexity index is 3490. The van der Waals surface area contributed by atoms with Crippen molar-refractivity contribution in [2.45, 2.75) is 203 Å². The second-order valence-corrected chi connectivity index (χ2v) is 23.7. The highest BCUT2D eigenvalue weighted by Crippen LogP contribution is 2.41. The number of aliphatic hydroxyl groups is 4. The van der Waals surface area contributed by atoms with Gasteiger partial charge in [0.2, 0.25) is 11.9 Å². The van der Waals surface area contributed by atoms with E-state index < -0.39 is 24.3 Å². The van der Waals surface area contributed by atoms with Crippen molar-refractivity contribution < 1.29 is 25.2 Å². The zero-order chi connectivity index (χ0) is 58.0. The number of fused-ring (bicyclic) bond motifs is 2. The second kappa shape index (κ2) is 24.7. The molecule has 0 bridgehead atoms. The first-order chi connectivity index (χ1) is 40.8. The molecule has 8 aromatic heterocycles. The minimum absolute atomic E-state index is 0.000332. The van der Waals surface area contributed by atoms with Crippen LogP contribution in [0.4, 0.5) is 28.3 Å². The summed E-state index contributed by atoms with van der Waals surface area (Å²) in [7, 11) is 0. The van der Waals surface area contributed by atoms with Gasteiger partial charge in [-0.1, -0.05) is 0 Å². The average molecular weight is 1160 g/mol. The lowest BCUT2D eigenvalue weighted by Crippen LogP contribution is -2.49. The summed E-state index contributed by atoms with van der Waals surface area (Å²) in [6.45, 7) is 9.18. The third-order valence-corrected chi connectivity index (χ3v) is 17.3. The fourth-order valence-electron chi connectivity index (χ4n) is 12.4. The van der Waals surface area contributed by atoms with E-state index >= 15 is 0 Å². The van der Waals surface area contributed by atoms with Gasteiger partial charge in [0.1, 0.15) is 29.6 Å². The van der Waals surface area contributed by atoms with Crippen molar-refractivity contribution in [2.24, 2.45) is 0 Å². The standard InChI is InChI=1S/C55H78N24O5/c1-31(2)74-23-37(58-27-74)15-17-56-53-68-49(45-51(70-53)76(29-60-45)41-13-14-42(19-41)78-62-21-39(25-80)72-78)64-33-5-9-35(10-6-33)66-55(84)67-36-11-7-34(8-12-36)65-50-46-52(71-54(69-50)57-18-16-38-24-75(28-59-38)32(3)4)77(30-61-46)43-20-44(48(83)47(43)82)79-63-22-40(26-81)73-79/h21-24,27-36,41-44,47-48,80-83H,5-20,25-26H2,1-4H3,(H2,66,67,84)(H2,56,64,68,70)(H2,57,65,69,71)/t33?,34?,35?,36?,41-,42+,43+,44-,47-,48+/m0/s1. The predicted octanol–water partition coefficient (Wildman–Crippen LogP) is 4.32. The zero-order valence-corrected chi connectivity index (χ0v) is 48.0. The highest BCUT2D eigenvalue weighted by Gasteiger charge is 2.45. The number of rotatable bonds is 22. The molecule has 29 heteroatoms. The normalized spacial score (nSPS) is 24.6. The van der Waals surface area contributed by atoms with Gasteiger partial charge in [-0.15, -0.1) is 0 Å². The first-order valence-electron chi connectivity index (χ1n) is 29.8. The smallest absolute Gasteiger partial charge is 0.315 e. The Hall–Kier alpha value is -7.89. The Morgan fingerprint density at radius 3 is 1.54 bits per heavy atom. The number of nitrogens with zero attached hydrogens (tertiary/aromatic N) is 18. The number of nitrogens with one attached hydrogen (secondary N) is 6. The number of carbonyl (C=O) groups is 1. The average Bonchev–Trinajstić information content (AvgIpc) is 4.50. The molecule has 0 saturated heterocycles. The number of anilines is 4. The summed E-state index contributed by atoms with van der Waals surface area (Å²) < 4.78 is 8.13. The van der Waals surface area contributed by atoms with E-state index in [0.29, 0.717) is 96.0 Å². The molecule has 6 atom stereocenters. The summed E-state index contributed by atoms with van der Waals surface area (Å²) in [4.78, 5) is 55.4. The number of aromatic nitrogens is 18. The van der Waals surface area contributed by atoms with Gasteiger partial charge in [0.25, 0.3) is 0 Å². The highest BCUT2D eigenvalue weighted by atomic mass is 16.3. The molecule has 2 amide bonds. The molecule has 8 heterocycles. The van der Waals surface area contributed by atoms with Gasteiger partial charge < -0.3 is 70.6 Å². The zero-order valence-electron chi connectivity index (χ0n) is 48.0. The van der Waals surface area contributed by atoms with Crippen molar-refractivity contribution in [3.05, 3.63) is 72.9 Å². The lowest BCUT2D eigenvalue weighted by atomic mass is 9.90. The van der Waals surface area contributed by atoms with Crippen molar-refractivity contribution in [2.75, 3.05) is 34.4 Å². The van der Waals surface area contributed by atoms with E-state index in [1.54, 1.807) is 21.9 Å². The summed E-state index contributed by atoms with van der Waals surface area (Å²) in [5.74, 6) is 2.13. The van der Waals surface area contributed by atoms with E-state index in [-0.39, 0.29) is 55.5 Å². The monoisotopic (exact) mass is 1150 g/mol. The number of urea groups is 1. The Morgan fingerprint density at radius 2 is 1.02 bits per heavy atom. The van der Waals surface area contributed by atoms with Gasteiger partial charge in [-0.2, -0.15) is 49.9 Å². The molecule has 12 rings (SSSR count). The summed E-state index contributed by atoms with van der Waals surface area (Å²) in [6, 6.07) is -0.351. The van der Waals surface area contributed by atoms with Crippen molar-refractivity contribution >= 4 is 51.9 Å². The van der Waals surface area contributed by atoms with Crippen LogP contribution in [0.5, 0.6) is 0 Å². The molecule has 0 unspecified atom stereocenters. The number of hydrogen-bond donors (Lipinski definition) is 10. The molecule has 29 nitrogen and oxygen atoms in total. The SMILES string of the molecule is CC(C)n1cnc(CCNc2nc(NC3CCC(NC(=O)NC4CCC(Nc5nc(NCCc6cn(C(C)C)cn6)nc6c5ncn6[C@@H]5C[C@H](n6ncc(CO)n6)[C@@H](O)[C@H]5O)CC4)CC3)c3ncn([C@H]4CC[C@@H](n5ncc(CO)n5)C4)c3n2)c1. The van der Waals surface area contributed by atoms with Crippen LogP contribution in [0.25, 0.3) is 22.3 Å². The fraction of sp³-hybridized carbons (Fsp3) is 0.618. The largest absolute Gasteiger partial charge is 0.390 e. The molecule has 0 aromatic carbocycles. The molecule has 10 N–H and O–H groups in total. The Kier molecular flexibility index (Phi) is 16.7. The van der Waals surface area contributed by atoms with Crippen molar-refractivity contribution in [1.29, 1.82) is 0 Å². The van der Waals surface area contributed by atoms with E-state index in [1.165, 1.54) is 11.0 Å². The van der Waals surface area contributed by atoms with Gasteiger partial charge in [0.05, 0.1) is 74.4 Å². The molecule has 0 radical (unpaired) electrons. The number of carbonyl (C=O) groups excluding carboxylic acids is 1. The summed E-state index contributed by atoms with van der Waals surface area (Å²) in [5.41, 5.74) is 5.35. The number of hydrogen-bond acceptors (Lipinski definition) is 21. The molecular weight excluding hydrogens is 1080 g/mol. The first kappa shape index (κ1) is 56.6. The molecule has 4 fully saturated rings. The molecule has 4 saturated carbocycles. The molecular formula is C55H78N24O5. The van der Waals surface area contributed by atoms with Crippen LogP contribution in [0.2, 0.25) is 0 Å². The van der Waals surface area contributed by atoms with Crippen molar-refractivity contribution in [3.63, 3.8) is 0 Å². The van der Waals surface area contributed by atoms with Gasteiger partial charge in [-0.05, 0) is 105 Å². The van der Waals surface area contributed by atoms with Crippen molar-refractivity contribution in [1.82, 2.24) is 98.8 Å². The highest BCUT2D eigenvalue weighted by molar-refractivity contribution is 5.85. The fourth-order valence-corrected chi connectivity index (χ4v) is 12.4. The third kappa shape index (κ3) is 12.3. The molecule has 448 valence electrons. The van der Waals surface area contributed by atoms with Crippen LogP contribution in [0, 0.1) is 0 Å². The maximum atomic E-state index is 13.6. The van der Waals surface area contributed by atoms with Gasteiger partial charge in [-0.3, -0.25) is 0 Å². The summed E-state index contributed by atoms with van der Waals surface area (Å²) in [6.07, 6.45) is 22.7. The van der Waals surface area contributed by atoms with Gasteiger partial charge >= 0.3 is 6.03 Å². The van der Waals surface area contributed by atoms with E-state index in [1.807, 2.05) is 25.2 Å². The van der Waals surface area contributed by atoms with Gasteiger partial charge in [-0.25, -0.2) is 24.7 Å². The third-order valence-electron chi connectivity index (χ3n) is 17.3. The van der Waals surface area contributed by atoms with E-state index in [9.17, 15) is 25.2 Å². The van der Waals surface area contributed by atoms with Crippen LogP contribution < -0.4 is 31.9 Å². The molecule has 8 aromatic rings. The van der Waals surface area contributed by atoms with Crippen LogP contribution in [-0.2, 0) is 26.1 Å². The van der Waals surface area contributed by atoms with Crippen LogP contribution in [-0.4, -0.2) is 164 Å². The first-order valence-corrected chi connectivity index (χ1v) is 29.8. The lowest BCUT2D eigenvalue weighted by molar-refractivity contribution is 0.00491. The topological polar surface area (TPSA) is 354 Å². The second-order valence-electron chi connectivity index (χ2n) is 23.7. The maximum absolute atomic E-state index is 13.6. The summed E-state index contributed by atoms with van der Waals surface area (Å²) >= 11 is 0. The van der Waals surface area contributed by atoms with E-state index in [4.69, 9.17) is 29.9 Å². The lowest BCUT2D eigenvalue weighted by Gasteiger charge is -2.32. The van der Waals surface area contributed by atoms with Crippen LogP contribution >= 0.6 is 0 Å². The van der Waals surface area contributed by atoms with Crippen LogP contribution in [0.3, 0.4) is 0 Å². The van der Waals surface area contributed by atoms with Gasteiger partial charge in [0.15, 0.2) is 34.0 Å². The minimum atomic E-state index is -1.17. The summed E-state index contributed by atoms with van der Waals surface area (Å²) in [5, 5.41) is 80.1. The van der Waals surface area contributed by atoms with E-state index in [0.717, 1.165) is 87.7 Å². The molecule has 0 aliphatic heterocycles. The van der Waals surface area contributed by atoms with Gasteiger partial charge in [0, 0.05) is 80.6 Å². The van der Waals surface area contributed by atoms with Crippen molar-refractivity contribution in [3.8, 4) is 0 Å². The number of aliphatic hydroxyl groups excluding tert-OH is 4. The molecule has 0 spiro atoms. The Labute approximate surface area is 484 Å².